The Morgan fingerprint density at radius 3 is 2.21 bits per heavy atom. The molecule has 0 saturated heterocycles. The lowest BCUT2D eigenvalue weighted by molar-refractivity contribution is -0.145. The Bertz CT molecular complexity index is 398. The molecule has 106 valence electrons. The maximum Gasteiger partial charge on any atom is 0.315 e. The van der Waals surface area contributed by atoms with Gasteiger partial charge in [-0.3, -0.25) is 4.79 Å². The molecule has 0 aliphatic rings. The molecule has 19 heavy (non-hydrogen) atoms. The van der Waals surface area contributed by atoms with E-state index in [2.05, 4.69) is 19.6 Å². The first-order chi connectivity index (χ1) is 8.89. The number of methoxy groups -OCH3 is 1. The molecule has 0 N–H and O–H groups in total. The van der Waals surface area contributed by atoms with Crippen LogP contribution in [0.4, 0.5) is 0 Å². The summed E-state index contributed by atoms with van der Waals surface area (Å²) < 4.78 is 11.1. The van der Waals surface area contributed by atoms with Gasteiger partial charge in [-0.05, 0) is 31.6 Å². The molecule has 0 heterocycles. The normalized spacial score (nSPS) is 14.8. The molecule has 0 bridgehead atoms. The summed E-state index contributed by atoms with van der Waals surface area (Å²) >= 11 is 0. The second kappa shape index (κ2) is 6.87. The third-order valence-electron chi connectivity index (χ3n) is 2.89. The standard InChI is InChI=1S/C15H24O3Si/c1-6-13(18-19(3,4)5)14(15(16)17-2)12-10-8-7-9-11-12/h7-11,13-14H,6H2,1-5H3/t13-,14+/m0/s1. The minimum Gasteiger partial charge on any atom is -0.468 e. The van der Waals surface area contributed by atoms with Crippen molar-refractivity contribution in [3.05, 3.63) is 35.9 Å². The van der Waals surface area contributed by atoms with E-state index < -0.39 is 8.32 Å². The van der Waals surface area contributed by atoms with Crippen molar-refractivity contribution in [3.8, 4) is 0 Å². The zero-order valence-corrected chi connectivity index (χ0v) is 13.5. The van der Waals surface area contributed by atoms with Crippen LogP contribution in [0.2, 0.25) is 19.6 Å². The molecule has 0 saturated carbocycles. The van der Waals surface area contributed by atoms with E-state index in [1.807, 2.05) is 37.3 Å². The Kier molecular flexibility index (Phi) is 5.75. The number of benzene rings is 1. The topological polar surface area (TPSA) is 35.5 Å². The van der Waals surface area contributed by atoms with E-state index in [9.17, 15) is 4.79 Å². The summed E-state index contributed by atoms with van der Waals surface area (Å²) in [5.74, 6) is -0.570. The molecular formula is C15H24O3Si. The Morgan fingerprint density at radius 1 is 1.21 bits per heavy atom. The fraction of sp³-hybridized carbons (Fsp3) is 0.533. The average Bonchev–Trinajstić information content (AvgIpc) is 2.37. The van der Waals surface area contributed by atoms with Crippen LogP contribution in [0.15, 0.2) is 30.3 Å². The predicted molar refractivity (Wildman–Crippen MR) is 79.7 cm³/mol. The maximum atomic E-state index is 12.1. The van der Waals surface area contributed by atoms with Crippen LogP contribution in [0.1, 0.15) is 24.8 Å². The first-order valence-electron chi connectivity index (χ1n) is 6.69. The van der Waals surface area contributed by atoms with E-state index in [1.54, 1.807) is 0 Å². The lowest BCUT2D eigenvalue weighted by Gasteiger charge is -2.30. The summed E-state index contributed by atoms with van der Waals surface area (Å²) in [6.07, 6.45) is 0.667. The lowest BCUT2D eigenvalue weighted by Crippen LogP contribution is -2.38. The zero-order valence-electron chi connectivity index (χ0n) is 12.5. The van der Waals surface area contributed by atoms with Crippen molar-refractivity contribution in [1.29, 1.82) is 0 Å². The molecule has 0 unspecified atom stereocenters. The number of ether oxygens (including phenoxy) is 1. The van der Waals surface area contributed by atoms with Gasteiger partial charge >= 0.3 is 5.97 Å². The first-order valence-corrected chi connectivity index (χ1v) is 10.1. The van der Waals surface area contributed by atoms with Gasteiger partial charge in [-0.25, -0.2) is 0 Å². The van der Waals surface area contributed by atoms with Gasteiger partial charge in [0, 0.05) is 0 Å². The summed E-state index contributed by atoms with van der Waals surface area (Å²) in [5, 5.41) is 0. The van der Waals surface area contributed by atoms with Crippen LogP contribution < -0.4 is 0 Å². The molecule has 0 radical (unpaired) electrons. The highest BCUT2D eigenvalue weighted by Crippen LogP contribution is 2.28. The minimum absolute atomic E-state index is 0.124. The number of hydrogen-bond donors (Lipinski definition) is 0. The fourth-order valence-electron chi connectivity index (χ4n) is 2.13. The molecule has 0 aliphatic carbocycles. The largest absolute Gasteiger partial charge is 0.468 e. The van der Waals surface area contributed by atoms with Crippen molar-refractivity contribution >= 4 is 14.3 Å². The van der Waals surface area contributed by atoms with Crippen LogP contribution in [-0.2, 0) is 14.0 Å². The van der Waals surface area contributed by atoms with Crippen LogP contribution in [0.3, 0.4) is 0 Å². The summed E-state index contributed by atoms with van der Waals surface area (Å²) in [6.45, 7) is 8.45. The molecule has 0 fully saturated rings. The van der Waals surface area contributed by atoms with Gasteiger partial charge < -0.3 is 9.16 Å². The summed E-state index contributed by atoms with van der Waals surface area (Å²) in [4.78, 5) is 12.1. The number of hydrogen-bond acceptors (Lipinski definition) is 3. The summed E-state index contributed by atoms with van der Waals surface area (Å²) in [5.41, 5.74) is 0.958. The molecule has 4 heteroatoms. The van der Waals surface area contributed by atoms with Crippen LogP contribution in [0.5, 0.6) is 0 Å². The number of esters is 1. The number of carbonyl (C=O) groups excluding carboxylic acids is 1. The van der Waals surface area contributed by atoms with E-state index in [4.69, 9.17) is 9.16 Å². The van der Waals surface area contributed by atoms with Crippen molar-refractivity contribution in [2.75, 3.05) is 7.11 Å². The Labute approximate surface area is 117 Å². The van der Waals surface area contributed by atoms with E-state index in [-0.39, 0.29) is 18.0 Å². The lowest BCUT2D eigenvalue weighted by atomic mass is 9.92. The van der Waals surface area contributed by atoms with Crippen molar-refractivity contribution in [1.82, 2.24) is 0 Å². The highest BCUT2D eigenvalue weighted by atomic mass is 28.4. The van der Waals surface area contributed by atoms with Crippen molar-refractivity contribution < 1.29 is 14.0 Å². The maximum absolute atomic E-state index is 12.1. The van der Waals surface area contributed by atoms with Crippen LogP contribution in [-0.4, -0.2) is 27.5 Å². The highest BCUT2D eigenvalue weighted by Gasteiger charge is 2.33. The molecule has 1 rings (SSSR count). The molecule has 3 nitrogen and oxygen atoms in total. The third-order valence-corrected chi connectivity index (χ3v) is 3.90. The Morgan fingerprint density at radius 2 is 1.79 bits per heavy atom. The monoisotopic (exact) mass is 280 g/mol. The quantitative estimate of drug-likeness (QED) is 0.590. The molecule has 0 aromatic heterocycles. The Balaban J connectivity index is 3.05. The summed E-state index contributed by atoms with van der Waals surface area (Å²) in [7, 11) is -0.273. The number of carbonyl (C=O) groups is 1. The minimum atomic E-state index is -1.70. The number of rotatable bonds is 6. The van der Waals surface area contributed by atoms with E-state index in [1.165, 1.54) is 7.11 Å². The molecule has 0 aliphatic heterocycles. The first kappa shape index (κ1) is 15.9. The van der Waals surface area contributed by atoms with Gasteiger partial charge in [0.25, 0.3) is 0 Å². The Hall–Kier alpha value is -1.13. The third kappa shape index (κ3) is 4.80. The molecule has 1 aromatic rings. The predicted octanol–water partition coefficient (Wildman–Crippen LogP) is 3.57. The van der Waals surface area contributed by atoms with Gasteiger partial charge in [0.05, 0.1) is 13.2 Å². The molecule has 0 spiro atoms. The van der Waals surface area contributed by atoms with Crippen molar-refractivity contribution in [3.63, 3.8) is 0 Å². The van der Waals surface area contributed by atoms with E-state index in [0.717, 1.165) is 12.0 Å². The smallest absolute Gasteiger partial charge is 0.315 e. The van der Waals surface area contributed by atoms with E-state index in [0.29, 0.717) is 0 Å². The van der Waals surface area contributed by atoms with E-state index >= 15 is 0 Å². The second-order valence-corrected chi connectivity index (χ2v) is 10.0. The SMILES string of the molecule is CC[C@H](O[Si](C)(C)C)[C@H](C(=O)OC)c1ccccc1. The second-order valence-electron chi connectivity index (χ2n) is 5.59. The van der Waals surface area contributed by atoms with Gasteiger partial charge in [-0.15, -0.1) is 0 Å². The average molecular weight is 280 g/mol. The molecule has 0 amide bonds. The van der Waals surface area contributed by atoms with Gasteiger partial charge in [-0.1, -0.05) is 37.3 Å². The van der Waals surface area contributed by atoms with Crippen molar-refractivity contribution in [2.45, 2.75) is 45.0 Å². The van der Waals surface area contributed by atoms with Gasteiger partial charge in [-0.2, -0.15) is 0 Å². The van der Waals surface area contributed by atoms with Gasteiger partial charge in [0.2, 0.25) is 0 Å². The van der Waals surface area contributed by atoms with Gasteiger partial charge in [0.15, 0.2) is 8.32 Å². The molecular weight excluding hydrogens is 256 g/mol. The van der Waals surface area contributed by atoms with Crippen LogP contribution in [0.25, 0.3) is 0 Å². The van der Waals surface area contributed by atoms with Gasteiger partial charge in [0.1, 0.15) is 5.92 Å². The summed E-state index contributed by atoms with van der Waals surface area (Å²) in [6, 6.07) is 9.73. The zero-order chi connectivity index (χ0) is 14.5. The molecule has 2 atom stereocenters. The molecule has 1 aromatic carbocycles. The van der Waals surface area contributed by atoms with Crippen LogP contribution in [0, 0.1) is 0 Å². The highest BCUT2D eigenvalue weighted by molar-refractivity contribution is 6.69. The van der Waals surface area contributed by atoms with Crippen molar-refractivity contribution in [2.24, 2.45) is 0 Å². The van der Waals surface area contributed by atoms with Crippen LogP contribution >= 0.6 is 0 Å². The fourth-order valence-corrected chi connectivity index (χ4v) is 3.34.